The van der Waals surface area contributed by atoms with E-state index in [-0.39, 0.29) is 17.6 Å². The van der Waals surface area contributed by atoms with Gasteiger partial charge in [0.2, 0.25) is 11.8 Å². The molecule has 3 aromatic rings. The van der Waals surface area contributed by atoms with E-state index in [9.17, 15) is 9.59 Å². The lowest BCUT2D eigenvalue weighted by molar-refractivity contribution is -0.119. The molecule has 2 N–H and O–H groups in total. The number of nitrogens with one attached hydrogen (secondary N) is 2. The Morgan fingerprint density at radius 3 is 2.63 bits per heavy atom. The highest BCUT2D eigenvalue weighted by Gasteiger charge is 2.22. The number of carbonyl (C=O) groups excluding carboxylic acids is 2. The molecule has 3 rings (SSSR count). The molecule has 0 saturated carbocycles. The maximum Gasteiger partial charge on any atom is 0.238 e. The van der Waals surface area contributed by atoms with E-state index < -0.39 is 11.3 Å². The Labute approximate surface area is 183 Å². The molecule has 2 heterocycles. The van der Waals surface area contributed by atoms with Crippen molar-refractivity contribution >= 4 is 41.0 Å². The second-order valence-corrected chi connectivity index (χ2v) is 8.48. The zero-order valence-electron chi connectivity index (χ0n) is 16.8. The normalized spacial score (nSPS) is 12.9. The van der Waals surface area contributed by atoms with Crippen LogP contribution in [0.4, 0.5) is 5.82 Å². The fourth-order valence-corrected chi connectivity index (χ4v) is 3.56. The van der Waals surface area contributed by atoms with E-state index in [2.05, 4.69) is 20.8 Å². The predicted molar refractivity (Wildman–Crippen MR) is 116 cm³/mol. The van der Waals surface area contributed by atoms with Crippen molar-refractivity contribution in [1.29, 1.82) is 0 Å². The molecule has 1 aromatic carbocycles. The van der Waals surface area contributed by atoms with E-state index in [4.69, 9.17) is 16.1 Å². The van der Waals surface area contributed by atoms with E-state index in [1.165, 1.54) is 11.8 Å². The molecule has 0 bridgehead atoms. The van der Waals surface area contributed by atoms with E-state index in [0.29, 0.717) is 22.4 Å². The molecule has 30 heavy (non-hydrogen) atoms. The number of nitrogens with zero attached hydrogens (tertiary/aromatic N) is 3. The fraction of sp³-hybridized carbons (Fsp3) is 0.300. The maximum atomic E-state index is 12.6. The molecule has 0 aliphatic carbocycles. The molecule has 2 aromatic heterocycles. The van der Waals surface area contributed by atoms with Gasteiger partial charge in [-0.05, 0) is 31.5 Å². The number of hydrogen-bond donors (Lipinski definition) is 2. The predicted octanol–water partition coefficient (Wildman–Crippen LogP) is 3.34. The van der Waals surface area contributed by atoms with Crippen LogP contribution in [-0.4, -0.2) is 37.5 Å². The summed E-state index contributed by atoms with van der Waals surface area (Å²) in [6, 6.07) is 8.44. The van der Waals surface area contributed by atoms with Gasteiger partial charge in [0, 0.05) is 30.5 Å². The lowest BCUT2D eigenvalue weighted by Crippen LogP contribution is -2.33. The highest BCUT2D eigenvalue weighted by atomic mass is 35.5. The number of benzene rings is 1. The van der Waals surface area contributed by atoms with E-state index in [1.54, 1.807) is 38.2 Å². The number of aryl methyl sites for hydroxylation is 2. The minimum absolute atomic E-state index is 0.112. The number of carbonyl (C=O) groups is 2. The number of amides is 2. The van der Waals surface area contributed by atoms with Crippen molar-refractivity contribution in [3.63, 3.8) is 0 Å². The smallest absolute Gasteiger partial charge is 0.238 e. The summed E-state index contributed by atoms with van der Waals surface area (Å²) < 4.78 is 6.78. The molecule has 8 nitrogen and oxygen atoms in total. The number of thioether (sulfide) groups is 1. The van der Waals surface area contributed by atoms with Gasteiger partial charge in [-0.25, -0.2) is 4.98 Å². The Bertz CT molecular complexity index is 1020. The molecule has 2 amide bonds. The first-order valence-electron chi connectivity index (χ1n) is 9.21. The topological polar surface area (TPSA) is 102 Å². The number of rotatable bonds is 8. The van der Waals surface area contributed by atoms with Crippen molar-refractivity contribution in [1.82, 2.24) is 20.0 Å². The van der Waals surface area contributed by atoms with Crippen LogP contribution in [0.5, 0.6) is 0 Å². The quantitative estimate of drug-likeness (QED) is 0.549. The van der Waals surface area contributed by atoms with Gasteiger partial charge >= 0.3 is 0 Å². The average Bonchev–Trinajstić information content (AvgIpc) is 3.32. The third kappa shape index (κ3) is 5.64. The molecule has 0 fully saturated rings. The minimum atomic E-state index is -0.449. The molecule has 10 heteroatoms. The van der Waals surface area contributed by atoms with Crippen molar-refractivity contribution in [2.24, 2.45) is 7.05 Å². The van der Waals surface area contributed by atoms with Gasteiger partial charge in [0.25, 0.3) is 0 Å². The Morgan fingerprint density at radius 1 is 1.30 bits per heavy atom. The van der Waals surface area contributed by atoms with Crippen molar-refractivity contribution in [2.75, 3.05) is 11.1 Å². The summed E-state index contributed by atoms with van der Waals surface area (Å²) in [5, 5.41) is 9.56. The third-order valence-electron chi connectivity index (χ3n) is 4.34. The molecule has 0 aliphatic heterocycles. The maximum absolute atomic E-state index is 12.6. The number of imidazole rings is 1. The lowest BCUT2D eigenvalue weighted by Gasteiger charge is -2.19. The van der Waals surface area contributed by atoms with E-state index in [0.717, 1.165) is 5.56 Å². The van der Waals surface area contributed by atoms with Crippen LogP contribution in [0.15, 0.2) is 47.2 Å². The van der Waals surface area contributed by atoms with E-state index >= 15 is 0 Å². The first-order chi connectivity index (χ1) is 14.3. The molecule has 0 saturated heterocycles. The zero-order valence-corrected chi connectivity index (χ0v) is 18.3. The summed E-state index contributed by atoms with van der Waals surface area (Å²) in [5.74, 6) is 1.31. The number of hydrogen-bond acceptors (Lipinski definition) is 6. The van der Waals surface area contributed by atoms with Crippen LogP contribution in [0.2, 0.25) is 5.02 Å². The van der Waals surface area contributed by atoms with Gasteiger partial charge in [0.15, 0.2) is 5.82 Å². The van der Waals surface area contributed by atoms with Crippen LogP contribution in [-0.2, 0) is 16.6 Å². The van der Waals surface area contributed by atoms with Crippen LogP contribution in [0.25, 0.3) is 0 Å². The van der Waals surface area contributed by atoms with Crippen molar-refractivity contribution < 1.29 is 14.1 Å². The minimum Gasteiger partial charge on any atom is -0.360 e. The lowest BCUT2D eigenvalue weighted by atomic mass is 10.1. The Kier molecular flexibility index (Phi) is 7.17. The first-order valence-corrected chi connectivity index (χ1v) is 10.6. The second kappa shape index (κ2) is 9.82. The molecule has 2 unspecified atom stereocenters. The fourth-order valence-electron chi connectivity index (χ4n) is 2.74. The Morgan fingerprint density at radius 2 is 2.03 bits per heavy atom. The molecular weight excluding hydrogens is 426 g/mol. The van der Waals surface area contributed by atoms with Crippen molar-refractivity contribution in [3.8, 4) is 0 Å². The monoisotopic (exact) mass is 447 g/mol. The van der Waals surface area contributed by atoms with E-state index in [1.807, 2.05) is 29.9 Å². The van der Waals surface area contributed by atoms with Gasteiger partial charge < -0.3 is 19.7 Å². The van der Waals surface area contributed by atoms with Crippen molar-refractivity contribution in [3.05, 3.63) is 64.9 Å². The molecule has 158 valence electrons. The standard InChI is InChI=1S/C20H22ClN5O3S/c1-12-10-16(25-29-12)23-20(28)13(2)30-11-17(27)24-18(19-22-8-9-26(19)3)14-4-6-15(21)7-5-14/h4-10,13,18H,11H2,1-3H3,(H,24,27)(H,23,25,28). The van der Waals surface area contributed by atoms with Crippen molar-refractivity contribution in [2.45, 2.75) is 25.1 Å². The van der Waals surface area contributed by atoms with Gasteiger partial charge in [-0.15, -0.1) is 11.8 Å². The van der Waals surface area contributed by atoms with Gasteiger partial charge in [0.05, 0.1) is 11.0 Å². The van der Waals surface area contributed by atoms with Gasteiger partial charge in [0.1, 0.15) is 17.6 Å². The second-order valence-electron chi connectivity index (χ2n) is 6.71. The summed E-state index contributed by atoms with van der Waals surface area (Å²) in [6.45, 7) is 3.47. The molecule has 0 aliphatic rings. The highest BCUT2D eigenvalue weighted by molar-refractivity contribution is 8.01. The summed E-state index contributed by atoms with van der Waals surface area (Å²) in [5.41, 5.74) is 0.860. The number of halogens is 1. The summed E-state index contributed by atoms with van der Waals surface area (Å²) in [6.07, 6.45) is 3.49. The first kappa shape index (κ1) is 21.9. The van der Waals surface area contributed by atoms with Crippen LogP contribution in [0.3, 0.4) is 0 Å². The Hall–Kier alpha value is -2.78. The SMILES string of the molecule is Cc1cc(NC(=O)C(C)SCC(=O)NC(c2ccc(Cl)cc2)c2nccn2C)no1. The largest absolute Gasteiger partial charge is 0.360 e. The van der Waals surface area contributed by atoms with Crippen LogP contribution >= 0.6 is 23.4 Å². The molecule has 0 radical (unpaired) electrons. The number of aromatic nitrogens is 3. The Balaban J connectivity index is 1.61. The zero-order chi connectivity index (χ0) is 21.7. The molecule has 0 spiro atoms. The summed E-state index contributed by atoms with van der Waals surface area (Å²) >= 11 is 7.22. The number of anilines is 1. The van der Waals surface area contributed by atoms with Gasteiger partial charge in [-0.1, -0.05) is 28.9 Å². The van der Waals surface area contributed by atoms with Crippen LogP contribution in [0, 0.1) is 6.92 Å². The third-order valence-corrected chi connectivity index (χ3v) is 5.73. The summed E-state index contributed by atoms with van der Waals surface area (Å²) in [7, 11) is 1.87. The van der Waals surface area contributed by atoms with Gasteiger partial charge in [-0.2, -0.15) is 0 Å². The van der Waals surface area contributed by atoms with Gasteiger partial charge in [-0.3, -0.25) is 9.59 Å². The van der Waals surface area contributed by atoms with Crippen LogP contribution < -0.4 is 10.6 Å². The average molecular weight is 448 g/mol. The summed E-state index contributed by atoms with van der Waals surface area (Å²) in [4.78, 5) is 29.3. The molecule has 2 atom stereocenters. The molecular formula is C20H22ClN5O3S. The van der Waals surface area contributed by atoms with Crippen LogP contribution in [0.1, 0.15) is 30.1 Å². The highest BCUT2D eigenvalue weighted by Crippen LogP contribution is 2.23.